The summed E-state index contributed by atoms with van der Waals surface area (Å²) in [7, 11) is 0. The summed E-state index contributed by atoms with van der Waals surface area (Å²) >= 11 is 1.60. The molecule has 1 aliphatic rings. The van der Waals surface area contributed by atoms with Gasteiger partial charge in [-0.3, -0.25) is 4.57 Å². The number of fused-ring (bicyclic) bond motifs is 1. The number of hydrogen-bond acceptors (Lipinski definition) is 8. The number of nitrogen functional groups attached to an aromatic ring is 1. The maximum Gasteiger partial charge on any atom is 0.167 e. The van der Waals surface area contributed by atoms with Gasteiger partial charge in [0.25, 0.3) is 0 Å². The van der Waals surface area contributed by atoms with Crippen LogP contribution in [-0.2, 0) is 4.74 Å². The number of ether oxygens (including phenoxy) is 1. The molecule has 11 heteroatoms. The summed E-state index contributed by atoms with van der Waals surface area (Å²) in [6, 6.07) is -0.475. The Balaban J connectivity index is 2.05. The van der Waals surface area contributed by atoms with Gasteiger partial charge in [-0.15, -0.1) is 0 Å². The van der Waals surface area contributed by atoms with Crippen LogP contribution in [0.5, 0.6) is 0 Å². The zero-order chi connectivity index (χ0) is 16.4. The minimum atomic E-state index is -0.573. The Hall–Kier alpha value is -2.07. The van der Waals surface area contributed by atoms with Gasteiger partial charge in [-0.25, -0.2) is 15.0 Å². The van der Waals surface area contributed by atoms with Crippen LogP contribution in [0.15, 0.2) is 17.8 Å². The maximum absolute atomic E-state index is 9.53. The summed E-state index contributed by atoms with van der Waals surface area (Å²) in [6.45, 7) is 1.78. The van der Waals surface area contributed by atoms with Gasteiger partial charge >= 0.3 is 0 Å². The van der Waals surface area contributed by atoms with Crippen molar-refractivity contribution in [3.8, 4) is 0 Å². The van der Waals surface area contributed by atoms with Gasteiger partial charge in [-0.05, 0) is 11.3 Å². The molecule has 10 nitrogen and oxygen atoms in total. The number of aliphatic hydroxyl groups is 1. The molecule has 122 valence electrons. The summed E-state index contributed by atoms with van der Waals surface area (Å²) in [5.74, 6) is 1.10. The van der Waals surface area contributed by atoms with Crippen LogP contribution in [0.1, 0.15) is 13.2 Å². The summed E-state index contributed by atoms with van der Waals surface area (Å²) in [6.07, 6.45) is 1.90. The van der Waals surface area contributed by atoms with E-state index in [1.807, 2.05) is 6.92 Å². The maximum atomic E-state index is 9.53. The number of hydrogen-bond donors (Lipinski definition) is 2. The van der Waals surface area contributed by atoms with Gasteiger partial charge in [0, 0.05) is 4.91 Å². The van der Waals surface area contributed by atoms with E-state index in [1.165, 1.54) is 6.33 Å². The van der Waals surface area contributed by atoms with Crippen molar-refractivity contribution >= 4 is 28.7 Å². The van der Waals surface area contributed by atoms with Gasteiger partial charge in [-0.2, -0.15) is 11.8 Å². The van der Waals surface area contributed by atoms with Crippen molar-refractivity contribution in [3.63, 3.8) is 0 Å². The molecule has 0 amide bonds. The number of nitrogens with two attached hydrogens (primary N) is 1. The Bertz CT molecular complexity index is 746. The molecular weight excluding hydrogens is 320 g/mol. The average molecular weight is 336 g/mol. The van der Waals surface area contributed by atoms with Crippen molar-refractivity contribution in [3.05, 3.63) is 23.1 Å². The van der Waals surface area contributed by atoms with Crippen LogP contribution < -0.4 is 5.73 Å². The van der Waals surface area contributed by atoms with Crippen LogP contribution in [0.3, 0.4) is 0 Å². The minimum absolute atomic E-state index is 0.165. The molecule has 2 aromatic rings. The van der Waals surface area contributed by atoms with E-state index >= 15 is 0 Å². The fraction of sp³-hybridized carbons (Fsp3) is 0.583. The summed E-state index contributed by atoms with van der Waals surface area (Å²) in [5, 5.41) is 13.2. The monoisotopic (exact) mass is 336 g/mol. The van der Waals surface area contributed by atoms with E-state index in [4.69, 9.17) is 16.0 Å². The molecule has 23 heavy (non-hydrogen) atoms. The highest BCUT2D eigenvalue weighted by molar-refractivity contribution is 7.99. The van der Waals surface area contributed by atoms with E-state index in [1.54, 1.807) is 22.7 Å². The highest BCUT2D eigenvalue weighted by Gasteiger charge is 2.45. The van der Waals surface area contributed by atoms with E-state index in [0.717, 1.165) is 5.75 Å². The van der Waals surface area contributed by atoms with E-state index in [0.29, 0.717) is 11.2 Å². The summed E-state index contributed by atoms with van der Waals surface area (Å²) in [5.41, 5.74) is 15.7. The third kappa shape index (κ3) is 2.68. The minimum Gasteiger partial charge on any atom is -0.394 e. The molecule has 3 rings (SSSR count). The predicted octanol–water partition coefficient (Wildman–Crippen LogP) is 1.10. The van der Waals surface area contributed by atoms with Gasteiger partial charge < -0.3 is 15.6 Å². The molecule has 1 aliphatic heterocycles. The van der Waals surface area contributed by atoms with E-state index in [2.05, 4.69) is 25.0 Å². The van der Waals surface area contributed by atoms with E-state index in [9.17, 15) is 5.11 Å². The number of azide groups is 1. The van der Waals surface area contributed by atoms with Crippen molar-refractivity contribution in [1.29, 1.82) is 0 Å². The Labute approximate surface area is 135 Å². The molecule has 4 unspecified atom stereocenters. The molecule has 3 N–H and O–H groups in total. The molecule has 0 aromatic carbocycles. The van der Waals surface area contributed by atoms with Crippen molar-refractivity contribution < 1.29 is 9.84 Å². The molecule has 2 aromatic heterocycles. The highest BCUT2D eigenvalue weighted by atomic mass is 32.2. The van der Waals surface area contributed by atoms with Crippen LogP contribution in [0.4, 0.5) is 5.82 Å². The number of anilines is 1. The molecular formula is C12H16N8O2S. The number of aromatic nitrogens is 4. The second kappa shape index (κ2) is 6.59. The number of rotatable bonds is 5. The van der Waals surface area contributed by atoms with Gasteiger partial charge in [0.05, 0.1) is 30.3 Å². The third-order valence-electron chi connectivity index (χ3n) is 3.70. The first-order chi connectivity index (χ1) is 11.2. The fourth-order valence-electron chi connectivity index (χ4n) is 2.72. The lowest BCUT2D eigenvalue weighted by atomic mass is 10.1. The Morgan fingerprint density at radius 1 is 1.52 bits per heavy atom. The first kappa shape index (κ1) is 15.8. The number of aliphatic hydroxyl groups excluding tert-OH is 1. The van der Waals surface area contributed by atoms with Crippen molar-refractivity contribution in [2.24, 2.45) is 5.11 Å². The fourth-order valence-corrected chi connectivity index (χ4v) is 3.89. The number of thioether (sulfide) groups is 1. The van der Waals surface area contributed by atoms with Crippen molar-refractivity contribution in [2.75, 3.05) is 18.1 Å². The van der Waals surface area contributed by atoms with Crippen LogP contribution >= 0.6 is 11.8 Å². The van der Waals surface area contributed by atoms with Crippen LogP contribution in [0.2, 0.25) is 0 Å². The van der Waals surface area contributed by atoms with Crippen LogP contribution in [0.25, 0.3) is 21.6 Å². The zero-order valence-electron chi connectivity index (χ0n) is 12.3. The summed E-state index contributed by atoms with van der Waals surface area (Å²) in [4.78, 5) is 15.3. The molecule has 0 bridgehead atoms. The largest absolute Gasteiger partial charge is 0.394 e. The predicted molar refractivity (Wildman–Crippen MR) is 85.6 cm³/mol. The highest BCUT2D eigenvalue weighted by Crippen LogP contribution is 2.40. The Morgan fingerprint density at radius 3 is 3.04 bits per heavy atom. The molecule has 0 radical (unpaired) electrons. The number of nitrogens with zero attached hydrogens (tertiary/aromatic N) is 7. The van der Waals surface area contributed by atoms with Crippen LogP contribution in [-0.4, -0.2) is 54.4 Å². The first-order valence-corrected chi connectivity index (χ1v) is 8.11. The van der Waals surface area contributed by atoms with Crippen LogP contribution in [0, 0.1) is 0 Å². The lowest BCUT2D eigenvalue weighted by Gasteiger charge is -2.20. The Morgan fingerprint density at radius 2 is 2.35 bits per heavy atom. The third-order valence-corrected chi connectivity index (χ3v) is 4.93. The van der Waals surface area contributed by atoms with Gasteiger partial charge in [-0.1, -0.05) is 12.0 Å². The molecule has 0 spiro atoms. The second-order valence-corrected chi connectivity index (χ2v) is 6.40. The molecule has 1 fully saturated rings. The van der Waals surface area contributed by atoms with Gasteiger partial charge in [0.1, 0.15) is 18.1 Å². The lowest BCUT2D eigenvalue weighted by Crippen LogP contribution is -2.29. The standard InChI is InChI=1S/C12H16N8O2S/c1-2-23-9-7(18-19-14)6(3-21)22-12(9)20-5-17-8-10(13)15-4-16-11(8)20/h4-7,9,12,21H,2-3H2,1H3,(H2,13,15,16). The normalized spacial score (nSPS) is 27.2. The molecule has 1 saturated heterocycles. The SMILES string of the molecule is CCSC1C(N=[N+]=[N-])C(CO)OC1n1cnc2c(N)ncnc21. The zero-order valence-corrected chi connectivity index (χ0v) is 13.2. The molecule has 3 heterocycles. The Kier molecular flexibility index (Phi) is 4.53. The smallest absolute Gasteiger partial charge is 0.167 e. The topological polar surface area (TPSA) is 148 Å². The number of imidazole rings is 1. The molecule has 0 aliphatic carbocycles. The lowest BCUT2D eigenvalue weighted by molar-refractivity contribution is -0.0223. The van der Waals surface area contributed by atoms with Crippen molar-refractivity contribution in [1.82, 2.24) is 19.5 Å². The quantitative estimate of drug-likeness (QED) is 0.471. The first-order valence-electron chi connectivity index (χ1n) is 7.06. The summed E-state index contributed by atoms with van der Waals surface area (Å²) < 4.78 is 7.67. The van der Waals surface area contributed by atoms with E-state index < -0.39 is 18.4 Å². The molecule has 0 saturated carbocycles. The van der Waals surface area contributed by atoms with Gasteiger partial charge in [0.15, 0.2) is 11.5 Å². The van der Waals surface area contributed by atoms with Gasteiger partial charge in [0.2, 0.25) is 0 Å². The van der Waals surface area contributed by atoms with E-state index in [-0.39, 0.29) is 17.7 Å². The van der Waals surface area contributed by atoms with Crippen molar-refractivity contribution in [2.45, 2.75) is 30.5 Å². The molecule has 4 atom stereocenters. The average Bonchev–Trinajstić information content (AvgIpc) is 3.11. The second-order valence-electron chi connectivity index (χ2n) is 4.95.